The predicted octanol–water partition coefficient (Wildman–Crippen LogP) is 1.80. The molecule has 1 saturated heterocycles. The SMILES string of the molecule is CCC1CCN(C(=O)c2n[nH]c(C(C)C)n2)C1. The van der Waals surface area contributed by atoms with E-state index < -0.39 is 0 Å². The fourth-order valence-electron chi connectivity index (χ4n) is 2.12. The number of carbonyl (C=O) groups is 1. The summed E-state index contributed by atoms with van der Waals surface area (Å²) in [5, 5.41) is 6.83. The molecule has 2 rings (SSSR count). The van der Waals surface area contributed by atoms with Crippen LogP contribution in [-0.2, 0) is 0 Å². The highest BCUT2D eigenvalue weighted by Crippen LogP contribution is 2.20. The average molecular weight is 236 g/mol. The molecular formula is C12H20N4O. The number of H-pyrrole nitrogens is 1. The third-order valence-electron chi connectivity index (χ3n) is 3.39. The van der Waals surface area contributed by atoms with Gasteiger partial charge in [-0.1, -0.05) is 27.2 Å². The van der Waals surface area contributed by atoms with Crippen LogP contribution in [0.15, 0.2) is 0 Å². The summed E-state index contributed by atoms with van der Waals surface area (Å²) in [5.41, 5.74) is 0. The molecular weight excluding hydrogens is 216 g/mol. The molecule has 0 saturated carbocycles. The maximum atomic E-state index is 12.1. The highest BCUT2D eigenvalue weighted by Gasteiger charge is 2.28. The number of hydrogen-bond acceptors (Lipinski definition) is 3. The second kappa shape index (κ2) is 4.85. The minimum absolute atomic E-state index is 0.0379. The van der Waals surface area contributed by atoms with Crippen LogP contribution in [0.5, 0.6) is 0 Å². The van der Waals surface area contributed by atoms with Gasteiger partial charge in [0.05, 0.1) is 0 Å². The van der Waals surface area contributed by atoms with Crippen molar-refractivity contribution in [3.05, 3.63) is 11.6 Å². The lowest BCUT2D eigenvalue weighted by Crippen LogP contribution is -2.29. The summed E-state index contributed by atoms with van der Waals surface area (Å²) in [5.74, 6) is 1.96. The van der Waals surface area contributed by atoms with Crippen LogP contribution in [0.2, 0.25) is 0 Å². The van der Waals surface area contributed by atoms with E-state index in [0.717, 1.165) is 31.8 Å². The van der Waals surface area contributed by atoms with Crippen molar-refractivity contribution >= 4 is 5.91 Å². The van der Waals surface area contributed by atoms with E-state index in [-0.39, 0.29) is 11.8 Å². The van der Waals surface area contributed by atoms with Gasteiger partial charge in [0.2, 0.25) is 5.82 Å². The van der Waals surface area contributed by atoms with Crippen molar-refractivity contribution in [2.75, 3.05) is 13.1 Å². The molecule has 1 aromatic rings. The summed E-state index contributed by atoms with van der Waals surface area (Å²) < 4.78 is 0. The van der Waals surface area contributed by atoms with E-state index in [1.54, 1.807) is 0 Å². The first kappa shape index (κ1) is 12.1. The molecule has 0 aromatic carbocycles. The summed E-state index contributed by atoms with van der Waals surface area (Å²) in [7, 11) is 0. The summed E-state index contributed by atoms with van der Waals surface area (Å²) in [6.07, 6.45) is 2.23. The molecule has 1 unspecified atom stereocenters. The van der Waals surface area contributed by atoms with Crippen molar-refractivity contribution in [3.63, 3.8) is 0 Å². The highest BCUT2D eigenvalue weighted by atomic mass is 16.2. The number of amides is 1. The van der Waals surface area contributed by atoms with Crippen LogP contribution in [0.1, 0.15) is 56.0 Å². The van der Waals surface area contributed by atoms with Crippen LogP contribution >= 0.6 is 0 Å². The molecule has 1 aliphatic heterocycles. The minimum Gasteiger partial charge on any atom is -0.336 e. The van der Waals surface area contributed by atoms with Crippen LogP contribution < -0.4 is 0 Å². The first-order valence-corrected chi connectivity index (χ1v) is 6.33. The molecule has 1 amide bonds. The van der Waals surface area contributed by atoms with Gasteiger partial charge in [-0.05, 0) is 12.3 Å². The lowest BCUT2D eigenvalue weighted by Gasteiger charge is -2.13. The summed E-state index contributed by atoms with van der Waals surface area (Å²) in [6, 6.07) is 0. The Kier molecular flexibility index (Phi) is 3.45. The number of carbonyl (C=O) groups excluding carboxylic acids is 1. The molecule has 0 bridgehead atoms. The van der Waals surface area contributed by atoms with Gasteiger partial charge < -0.3 is 4.90 Å². The molecule has 0 radical (unpaired) electrons. The Morgan fingerprint density at radius 1 is 1.59 bits per heavy atom. The lowest BCUT2D eigenvalue weighted by molar-refractivity contribution is 0.0775. The summed E-state index contributed by atoms with van der Waals surface area (Å²) >= 11 is 0. The minimum atomic E-state index is -0.0379. The van der Waals surface area contributed by atoms with Crippen LogP contribution in [0.25, 0.3) is 0 Å². The van der Waals surface area contributed by atoms with Gasteiger partial charge in [-0.3, -0.25) is 9.89 Å². The van der Waals surface area contributed by atoms with Gasteiger partial charge >= 0.3 is 0 Å². The van der Waals surface area contributed by atoms with Gasteiger partial charge in [0.1, 0.15) is 5.82 Å². The quantitative estimate of drug-likeness (QED) is 0.870. The zero-order chi connectivity index (χ0) is 12.4. The van der Waals surface area contributed by atoms with Crippen LogP contribution in [0.3, 0.4) is 0 Å². The average Bonchev–Trinajstić information content (AvgIpc) is 2.97. The van der Waals surface area contributed by atoms with Gasteiger partial charge in [-0.25, -0.2) is 4.98 Å². The van der Waals surface area contributed by atoms with Crippen molar-refractivity contribution < 1.29 is 4.79 Å². The summed E-state index contributed by atoms with van der Waals surface area (Å²) in [4.78, 5) is 18.2. The number of aromatic nitrogens is 3. The first-order chi connectivity index (χ1) is 8.11. The van der Waals surface area contributed by atoms with E-state index in [1.807, 2.05) is 18.7 Å². The van der Waals surface area contributed by atoms with E-state index in [0.29, 0.717) is 11.7 Å². The maximum Gasteiger partial charge on any atom is 0.293 e. The molecule has 1 aliphatic rings. The topological polar surface area (TPSA) is 61.9 Å². The van der Waals surface area contributed by atoms with Crippen LogP contribution in [-0.4, -0.2) is 39.1 Å². The van der Waals surface area contributed by atoms with Crippen molar-refractivity contribution in [2.45, 2.75) is 39.5 Å². The van der Waals surface area contributed by atoms with Crippen molar-refractivity contribution in [1.82, 2.24) is 20.1 Å². The van der Waals surface area contributed by atoms with Crippen LogP contribution in [0, 0.1) is 5.92 Å². The Bertz CT molecular complexity index is 399. The standard InChI is InChI=1S/C12H20N4O/c1-4-9-5-6-16(7-9)12(17)11-13-10(8(2)3)14-15-11/h8-9H,4-7H2,1-3H3,(H,13,14,15). The molecule has 1 atom stereocenters. The number of rotatable bonds is 3. The van der Waals surface area contributed by atoms with E-state index >= 15 is 0 Å². The van der Waals surface area contributed by atoms with E-state index in [4.69, 9.17) is 0 Å². The van der Waals surface area contributed by atoms with Crippen molar-refractivity contribution in [1.29, 1.82) is 0 Å². The number of nitrogens with zero attached hydrogens (tertiary/aromatic N) is 3. The second-order valence-electron chi connectivity index (χ2n) is 5.01. The maximum absolute atomic E-state index is 12.1. The molecule has 5 heteroatoms. The molecule has 1 aromatic heterocycles. The third-order valence-corrected chi connectivity index (χ3v) is 3.39. The molecule has 94 valence electrons. The smallest absolute Gasteiger partial charge is 0.293 e. The van der Waals surface area contributed by atoms with Gasteiger partial charge in [-0.2, -0.15) is 0 Å². The zero-order valence-electron chi connectivity index (χ0n) is 10.7. The largest absolute Gasteiger partial charge is 0.336 e. The lowest BCUT2D eigenvalue weighted by atomic mass is 10.1. The van der Waals surface area contributed by atoms with Gasteiger partial charge in [0, 0.05) is 19.0 Å². The Labute approximate surface area is 102 Å². The zero-order valence-corrected chi connectivity index (χ0v) is 10.7. The Hall–Kier alpha value is -1.39. The molecule has 17 heavy (non-hydrogen) atoms. The highest BCUT2D eigenvalue weighted by molar-refractivity contribution is 5.90. The molecule has 0 spiro atoms. The van der Waals surface area contributed by atoms with Crippen molar-refractivity contribution in [3.8, 4) is 0 Å². The Balaban J connectivity index is 2.04. The first-order valence-electron chi connectivity index (χ1n) is 6.33. The number of likely N-dealkylation sites (tertiary alicyclic amines) is 1. The monoisotopic (exact) mass is 236 g/mol. The fourth-order valence-corrected chi connectivity index (χ4v) is 2.12. The van der Waals surface area contributed by atoms with Gasteiger partial charge in [-0.15, -0.1) is 5.10 Å². The molecule has 0 aliphatic carbocycles. The molecule has 1 N–H and O–H groups in total. The van der Waals surface area contributed by atoms with E-state index in [2.05, 4.69) is 22.1 Å². The normalized spacial score (nSPS) is 20.2. The van der Waals surface area contributed by atoms with Crippen molar-refractivity contribution in [2.24, 2.45) is 5.92 Å². The van der Waals surface area contributed by atoms with Gasteiger partial charge in [0.25, 0.3) is 5.91 Å². The van der Waals surface area contributed by atoms with E-state index in [1.165, 1.54) is 0 Å². The number of aromatic amines is 1. The molecule has 2 heterocycles. The number of nitrogens with one attached hydrogen (secondary N) is 1. The second-order valence-corrected chi connectivity index (χ2v) is 5.01. The Morgan fingerprint density at radius 3 is 2.88 bits per heavy atom. The third kappa shape index (κ3) is 2.48. The predicted molar refractivity (Wildman–Crippen MR) is 64.8 cm³/mol. The number of hydrogen-bond donors (Lipinski definition) is 1. The van der Waals surface area contributed by atoms with Crippen LogP contribution in [0.4, 0.5) is 0 Å². The van der Waals surface area contributed by atoms with E-state index in [9.17, 15) is 4.79 Å². The van der Waals surface area contributed by atoms with Gasteiger partial charge in [0.15, 0.2) is 0 Å². The molecule has 1 fully saturated rings. The Morgan fingerprint density at radius 2 is 2.35 bits per heavy atom. The fraction of sp³-hybridized carbons (Fsp3) is 0.750. The molecule has 5 nitrogen and oxygen atoms in total. The summed E-state index contributed by atoms with van der Waals surface area (Å²) in [6.45, 7) is 7.90.